The van der Waals surface area contributed by atoms with E-state index < -0.39 is 9.84 Å². The lowest BCUT2D eigenvalue weighted by atomic mass is 10.1. The maximum absolute atomic E-state index is 10.8. The van der Waals surface area contributed by atoms with Crippen molar-refractivity contribution in [3.63, 3.8) is 0 Å². The van der Waals surface area contributed by atoms with Gasteiger partial charge in [0, 0.05) is 6.26 Å². The summed E-state index contributed by atoms with van der Waals surface area (Å²) < 4.78 is 21.7. The summed E-state index contributed by atoms with van der Waals surface area (Å²) in [5.74, 6) is 0.232. The first-order chi connectivity index (χ1) is 5.99. The quantitative estimate of drug-likeness (QED) is 0.791. The maximum atomic E-state index is 10.8. The number of benzene rings is 1. The highest BCUT2D eigenvalue weighted by Gasteiger charge is 2.05. The molecule has 0 saturated heterocycles. The molecule has 1 aromatic carbocycles. The molecule has 0 aromatic heterocycles. The van der Waals surface area contributed by atoms with Crippen molar-refractivity contribution in [3.05, 3.63) is 29.8 Å². The second-order valence-electron chi connectivity index (χ2n) is 3.01. The SMILES string of the molecule is CS(=O)(=O)CCc1ccccc1O. The Morgan fingerprint density at radius 3 is 2.46 bits per heavy atom. The molecule has 0 amide bonds. The highest BCUT2D eigenvalue weighted by molar-refractivity contribution is 7.90. The summed E-state index contributed by atoms with van der Waals surface area (Å²) in [6.07, 6.45) is 1.55. The predicted octanol–water partition coefficient (Wildman–Crippen LogP) is 0.979. The molecule has 1 aromatic rings. The fraction of sp³-hybridized carbons (Fsp3) is 0.333. The molecular formula is C9H12O3S. The highest BCUT2D eigenvalue weighted by Crippen LogP contribution is 2.16. The summed E-state index contributed by atoms with van der Waals surface area (Å²) in [4.78, 5) is 0. The third kappa shape index (κ3) is 3.46. The lowest BCUT2D eigenvalue weighted by molar-refractivity contribution is 0.469. The Hall–Kier alpha value is -1.03. The van der Waals surface area contributed by atoms with E-state index in [1.807, 2.05) is 0 Å². The minimum Gasteiger partial charge on any atom is -0.508 e. The van der Waals surface area contributed by atoms with Gasteiger partial charge in [-0.25, -0.2) is 8.42 Å². The molecule has 0 spiro atoms. The summed E-state index contributed by atoms with van der Waals surface area (Å²) in [6, 6.07) is 6.76. The van der Waals surface area contributed by atoms with Crippen molar-refractivity contribution in [1.29, 1.82) is 0 Å². The number of hydrogen-bond acceptors (Lipinski definition) is 3. The van der Waals surface area contributed by atoms with Crippen molar-refractivity contribution in [2.45, 2.75) is 6.42 Å². The molecule has 0 aliphatic carbocycles. The molecule has 0 heterocycles. The van der Waals surface area contributed by atoms with Crippen LogP contribution in [0, 0.1) is 0 Å². The van der Waals surface area contributed by atoms with Crippen molar-refractivity contribution in [3.8, 4) is 5.75 Å². The number of hydrogen-bond donors (Lipinski definition) is 1. The van der Waals surface area contributed by atoms with Crippen LogP contribution in [0.3, 0.4) is 0 Å². The summed E-state index contributed by atoms with van der Waals surface area (Å²) in [6.45, 7) is 0. The number of aromatic hydroxyl groups is 1. The molecule has 0 aliphatic rings. The Kier molecular flexibility index (Phi) is 2.93. The van der Waals surface area contributed by atoms with Gasteiger partial charge in [-0.1, -0.05) is 18.2 Å². The average molecular weight is 200 g/mol. The van der Waals surface area contributed by atoms with Gasteiger partial charge >= 0.3 is 0 Å². The first-order valence-corrected chi connectivity index (χ1v) is 6.00. The van der Waals surface area contributed by atoms with E-state index in [0.717, 1.165) is 0 Å². The monoisotopic (exact) mass is 200 g/mol. The molecule has 0 saturated carbocycles. The van der Waals surface area contributed by atoms with Gasteiger partial charge < -0.3 is 5.11 Å². The van der Waals surface area contributed by atoms with E-state index in [2.05, 4.69) is 0 Å². The van der Waals surface area contributed by atoms with Crippen molar-refractivity contribution in [1.82, 2.24) is 0 Å². The molecule has 0 radical (unpaired) electrons. The van der Waals surface area contributed by atoms with Crippen molar-refractivity contribution in [2.24, 2.45) is 0 Å². The first-order valence-electron chi connectivity index (χ1n) is 3.93. The zero-order valence-electron chi connectivity index (χ0n) is 7.40. The molecule has 1 rings (SSSR count). The standard InChI is InChI=1S/C9H12O3S/c1-13(11,12)7-6-8-4-2-3-5-9(8)10/h2-5,10H,6-7H2,1H3. The molecular weight excluding hydrogens is 188 g/mol. The molecule has 72 valence electrons. The number of rotatable bonds is 3. The first kappa shape index (κ1) is 10.1. The smallest absolute Gasteiger partial charge is 0.147 e. The van der Waals surface area contributed by atoms with Gasteiger partial charge in [0.2, 0.25) is 0 Å². The van der Waals surface area contributed by atoms with E-state index in [-0.39, 0.29) is 11.5 Å². The summed E-state index contributed by atoms with van der Waals surface area (Å²) in [7, 11) is -2.95. The number of phenols is 1. The Bertz CT molecular complexity index is 382. The van der Waals surface area contributed by atoms with E-state index in [1.54, 1.807) is 24.3 Å². The zero-order valence-corrected chi connectivity index (χ0v) is 8.21. The minimum absolute atomic E-state index is 0.0740. The van der Waals surface area contributed by atoms with E-state index >= 15 is 0 Å². The maximum Gasteiger partial charge on any atom is 0.147 e. The molecule has 3 nitrogen and oxygen atoms in total. The summed E-state index contributed by atoms with van der Waals surface area (Å²) in [5, 5.41) is 9.31. The van der Waals surface area contributed by atoms with Gasteiger partial charge in [-0.05, 0) is 18.1 Å². The topological polar surface area (TPSA) is 54.4 Å². The number of sulfone groups is 1. The van der Waals surface area contributed by atoms with Gasteiger partial charge in [0.25, 0.3) is 0 Å². The van der Waals surface area contributed by atoms with Crippen LogP contribution in [0.25, 0.3) is 0 Å². The van der Waals surface area contributed by atoms with Crippen LogP contribution in [0.2, 0.25) is 0 Å². The van der Waals surface area contributed by atoms with Gasteiger partial charge in [-0.2, -0.15) is 0 Å². The number of para-hydroxylation sites is 1. The summed E-state index contributed by atoms with van der Waals surface area (Å²) >= 11 is 0. The van der Waals surface area contributed by atoms with Crippen molar-refractivity contribution >= 4 is 9.84 Å². The Balaban J connectivity index is 2.71. The zero-order chi connectivity index (χ0) is 9.90. The highest BCUT2D eigenvalue weighted by atomic mass is 32.2. The van der Waals surface area contributed by atoms with Gasteiger partial charge in [0.05, 0.1) is 5.75 Å². The number of aryl methyl sites for hydroxylation is 1. The van der Waals surface area contributed by atoms with Crippen LogP contribution < -0.4 is 0 Å². The van der Waals surface area contributed by atoms with Gasteiger partial charge in [0.15, 0.2) is 0 Å². The normalized spacial score (nSPS) is 11.5. The lowest BCUT2D eigenvalue weighted by Gasteiger charge is -2.02. The molecule has 0 atom stereocenters. The lowest BCUT2D eigenvalue weighted by Crippen LogP contribution is -2.05. The molecule has 0 fully saturated rings. The Labute approximate surface area is 77.9 Å². The summed E-state index contributed by atoms with van der Waals surface area (Å²) in [5.41, 5.74) is 0.674. The number of phenolic OH excluding ortho intramolecular Hbond substituents is 1. The Morgan fingerprint density at radius 1 is 1.31 bits per heavy atom. The van der Waals surface area contributed by atoms with Gasteiger partial charge in [0.1, 0.15) is 15.6 Å². The average Bonchev–Trinajstić information content (AvgIpc) is 2.01. The van der Waals surface area contributed by atoms with E-state index in [1.165, 1.54) is 6.26 Å². The van der Waals surface area contributed by atoms with Crippen LogP contribution >= 0.6 is 0 Å². The van der Waals surface area contributed by atoms with Crippen LogP contribution in [0.4, 0.5) is 0 Å². The predicted molar refractivity (Wildman–Crippen MR) is 51.5 cm³/mol. The third-order valence-corrected chi connectivity index (χ3v) is 2.68. The molecule has 1 N–H and O–H groups in total. The van der Waals surface area contributed by atoms with E-state index in [9.17, 15) is 13.5 Å². The minimum atomic E-state index is -2.95. The molecule has 13 heavy (non-hydrogen) atoms. The second kappa shape index (κ2) is 3.79. The van der Waals surface area contributed by atoms with Crippen LogP contribution in [0.1, 0.15) is 5.56 Å². The van der Waals surface area contributed by atoms with Gasteiger partial charge in [-0.15, -0.1) is 0 Å². The molecule has 0 unspecified atom stereocenters. The van der Waals surface area contributed by atoms with Crippen LogP contribution in [0.5, 0.6) is 5.75 Å². The van der Waals surface area contributed by atoms with Crippen LogP contribution in [-0.4, -0.2) is 25.5 Å². The molecule has 4 heteroatoms. The van der Waals surface area contributed by atoms with E-state index in [4.69, 9.17) is 0 Å². The third-order valence-electron chi connectivity index (χ3n) is 1.73. The molecule has 0 bridgehead atoms. The fourth-order valence-corrected chi connectivity index (χ4v) is 1.61. The Morgan fingerprint density at radius 2 is 1.92 bits per heavy atom. The largest absolute Gasteiger partial charge is 0.508 e. The van der Waals surface area contributed by atoms with Crippen molar-refractivity contribution < 1.29 is 13.5 Å². The van der Waals surface area contributed by atoms with Crippen LogP contribution in [-0.2, 0) is 16.3 Å². The van der Waals surface area contributed by atoms with Crippen LogP contribution in [0.15, 0.2) is 24.3 Å². The van der Waals surface area contributed by atoms with Gasteiger partial charge in [-0.3, -0.25) is 0 Å². The fourth-order valence-electron chi connectivity index (χ4n) is 1.02. The van der Waals surface area contributed by atoms with E-state index in [0.29, 0.717) is 12.0 Å². The second-order valence-corrected chi connectivity index (χ2v) is 5.27. The molecule has 0 aliphatic heterocycles. The van der Waals surface area contributed by atoms with Crippen molar-refractivity contribution in [2.75, 3.05) is 12.0 Å².